The predicted molar refractivity (Wildman–Crippen MR) is 75.7 cm³/mol. The first kappa shape index (κ1) is 12.5. The fourth-order valence-electron chi connectivity index (χ4n) is 3.54. The minimum atomic E-state index is -0.748. The van der Waals surface area contributed by atoms with E-state index >= 15 is 0 Å². The summed E-state index contributed by atoms with van der Waals surface area (Å²) in [4.78, 5) is 13.3. The van der Waals surface area contributed by atoms with Gasteiger partial charge in [0.2, 0.25) is 0 Å². The Hall–Kier alpha value is -1.51. The van der Waals surface area contributed by atoms with Gasteiger partial charge in [0, 0.05) is 18.3 Å². The van der Waals surface area contributed by atoms with Crippen molar-refractivity contribution in [3.63, 3.8) is 0 Å². The van der Waals surface area contributed by atoms with Crippen LogP contribution in [-0.4, -0.2) is 23.7 Å². The molecule has 0 saturated heterocycles. The Morgan fingerprint density at radius 3 is 2.79 bits per heavy atom. The number of rotatable bonds is 3. The Labute approximate surface area is 114 Å². The summed E-state index contributed by atoms with van der Waals surface area (Å²) in [6.45, 7) is 1.11. The number of nitrogens with zero attached hydrogens (tertiary/aromatic N) is 1. The summed E-state index contributed by atoms with van der Waals surface area (Å²) >= 11 is 0. The molecule has 19 heavy (non-hydrogen) atoms. The molecule has 3 nitrogen and oxygen atoms in total. The number of fused-ring (bicyclic) bond motifs is 1. The van der Waals surface area contributed by atoms with E-state index in [4.69, 9.17) is 5.11 Å². The predicted octanol–water partition coefficient (Wildman–Crippen LogP) is 3.01. The molecule has 0 radical (unpaired) electrons. The Morgan fingerprint density at radius 1 is 1.26 bits per heavy atom. The normalized spacial score (nSPS) is 19.5. The molecule has 0 spiro atoms. The first-order valence-corrected chi connectivity index (χ1v) is 7.34. The van der Waals surface area contributed by atoms with Crippen molar-refractivity contribution in [2.75, 3.05) is 11.4 Å². The third-order valence-electron chi connectivity index (χ3n) is 4.45. The zero-order valence-electron chi connectivity index (χ0n) is 11.3. The minimum absolute atomic E-state index is 0.136. The van der Waals surface area contributed by atoms with Crippen LogP contribution < -0.4 is 4.90 Å². The molecule has 2 aliphatic rings. The first-order valence-electron chi connectivity index (χ1n) is 7.34. The lowest BCUT2D eigenvalue weighted by molar-refractivity contribution is -0.136. The van der Waals surface area contributed by atoms with Crippen LogP contribution in [0.2, 0.25) is 0 Å². The van der Waals surface area contributed by atoms with Gasteiger partial charge < -0.3 is 10.0 Å². The number of hydrogen-bond acceptors (Lipinski definition) is 2. The Bertz CT molecular complexity index is 478. The van der Waals surface area contributed by atoms with Gasteiger partial charge in [-0.25, -0.2) is 0 Å². The highest BCUT2D eigenvalue weighted by Gasteiger charge is 2.27. The smallest absolute Gasteiger partial charge is 0.307 e. The average Bonchev–Trinajstić information content (AvgIpc) is 2.82. The van der Waals surface area contributed by atoms with Crippen LogP contribution in [0.5, 0.6) is 0 Å². The maximum absolute atomic E-state index is 10.8. The van der Waals surface area contributed by atoms with Crippen LogP contribution in [0.1, 0.15) is 43.2 Å². The van der Waals surface area contributed by atoms with E-state index in [1.54, 1.807) is 0 Å². The molecule has 1 saturated carbocycles. The van der Waals surface area contributed by atoms with E-state index in [1.807, 2.05) is 6.07 Å². The van der Waals surface area contributed by atoms with Gasteiger partial charge in [-0.05, 0) is 36.5 Å². The maximum Gasteiger partial charge on any atom is 0.307 e. The molecule has 1 aromatic carbocycles. The highest BCUT2D eigenvalue weighted by molar-refractivity contribution is 5.71. The SMILES string of the molecule is O=C(O)Cc1ccc2c(c1)CCN2C1CCCCC1. The molecule has 0 amide bonds. The molecular weight excluding hydrogens is 238 g/mol. The third kappa shape index (κ3) is 2.60. The molecule has 1 fully saturated rings. The van der Waals surface area contributed by atoms with Crippen molar-refractivity contribution in [1.82, 2.24) is 0 Å². The Kier molecular flexibility index (Phi) is 3.45. The van der Waals surface area contributed by atoms with Crippen molar-refractivity contribution >= 4 is 11.7 Å². The van der Waals surface area contributed by atoms with E-state index in [1.165, 1.54) is 43.4 Å². The average molecular weight is 259 g/mol. The van der Waals surface area contributed by atoms with Crippen LogP contribution in [0.3, 0.4) is 0 Å². The van der Waals surface area contributed by atoms with Gasteiger partial charge in [-0.1, -0.05) is 31.4 Å². The van der Waals surface area contributed by atoms with E-state index in [9.17, 15) is 4.79 Å². The molecule has 0 unspecified atom stereocenters. The monoisotopic (exact) mass is 259 g/mol. The van der Waals surface area contributed by atoms with Gasteiger partial charge in [-0.2, -0.15) is 0 Å². The van der Waals surface area contributed by atoms with Gasteiger partial charge in [-0.15, -0.1) is 0 Å². The topological polar surface area (TPSA) is 40.5 Å². The van der Waals surface area contributed by atoms with Crippen LogP contribution in [0.15, 0.2) is 18.2 Å². The molecule has 3 rings (SSSR count). The zero-order chi connectivity index (χ0) is 13.2. The lowest BCUT2D eigenvalue weighted by Crippen LogP contribution is -2.35. The van der Waals surface area contributed by atoms with Crippen molar-refractivity contribution in [3.05, 3.63) is 29.3 Å². The van der Waals surface area contributed by atoms with E-state index in [0.717, 1.165) is 18.5 Å². The number of benzene rings is 1. The fourth-order valence-corrected chi connectivity index (χ4v) is 3.54. The lowest BCUT2D eigenvalue weighted by Gasteiger charge is -2.33. The standard InChI is InChI=1S/C16H21NO2/c18-16(19)11-12-6-7-15-13(10-12)8-9-17(15)14-4-2-1-3-5-14/h6-7,10,14H,1-5,8-9,11H2,(H,18,19). The van der Waals surface area contributed by atoms with Crippen molar-refractivity contribution in [2.45, 2.75) is 51.0 Å². The van der Waals surface area contributed by atoms with E-state index < -0.39 is 5.97 Å². The van der Waals surface area contributed by atoms with Crippen LogP contribution in [0, 0.1) is 0 Å². The van der Waals surface area contributed by atoms with Crippen molar-refractivity contribution in [3.8, 4) is 0 Å². The molecule has 0 aromatic heterocycles. The molecule has 1 aliphatic heterocycles. The van der Waals surface area contributed by atoms with Crippen LogP contribution in [-0.2, 0) is 17.6 Å². The van der Waals surface area contributed by atoms with Crippen LogP contribution in [0.25, 0.3) is 0 Å². The van der Waals surface area contributed by atoms with Gasteiger partial charge in [0.1, 0.15) is 0 Å². The molecule has 102 valence electrons. The second-order valence-electron chi connectivity index (χ2n) is 5.77. The number of carboxylic acid groups (broad SMARTS) is 1. The summed E-state index contributed by atoms with van der Waals surface area (Å²) in [5.41, 5.74) is 3.61. The largest absolute Gasteiger partial charge is 0.481 e. The molecule has 3 heteroatoms. The summed E-state index contributed by atoms with van der Waals surface area (Å²) in [6, 6.07) is 6.91. The second-order valence-corrected chi connectivity index (χ2v) is 5.77. The maximum atomic E-state index is 10.8. The molecule has 1 N–H and O–H groups in total. The summed E-state index contributed by atoms with van der Waals surface area (Å²) in [5, 5.41) is 8.86. The highest BCUT2D eigenvalue weighted by atomic mass is 16.4. The van der Waals surface area contributed by atoms with Crippen molar-refractivity contribution in [1.29, 1.82) is 0 Å². The number of carbonyl (C=O) groups is 1. The second kappa shape index (κ2) is 5.24. The highest BCUT2D eigenvalue weighted by Crippen LogP contribution is 2.34. The van der Waals surface area contributed by atoms with Crippen molar-refractivity contribution in [2.24, 2.45) is 0 Å². The van der Waals surface area contributed by atoms with E-state index in [2.05, 4.69) is 17.0 Å². The summed E-state index contributed by atoms with van der Waals surface area (Å²) in [7, 11) is 0. The van der Waals surface area contributed by atoms with Gasteiger partial charge in [0.15, 0.2) is 0 Å². The number of aliphatic carboxylic acids is 1. The van der Waals surface area contributed by atoms with Crippen LogP contribution in [0.4, 0.5) is 5.69 Å². The molecule has 1 heterocycles. The molecule has 1 aliphatic carbocycles. The first-order chi connectivity index (χ1) is 9.24. The molecule has 1 aromatic rings. The Balaban J connectivity index is 1.78. The Morgan fingerprint density at radius 2 is 2.05 bits per heavy atom. The van der Waals surface area contributed by atoms with E-state index in [-0.39, 0.29) is 6.42 Å². The van der Waals surface area contributed by atoms with Crippen molar-refractivity contribution < 1.29 is 9.90 Å². The van der Waals surface area contributed by atoms with Gasteiger partial charge >= 0.3 is 5.97 Å². The molecule has 0 atom stereocenters. The number of carboxylic acids is 1. The minimum Gasteiger partial charge on any atom is -0.481 e. The molecular formula is C16H21NO2. The third-order valence-corrected chi connectivity index (χ3v) is 4.45. The van der Waals surface area contributed by atoms with Gasteiger partial charge in [0.25, 0.3) is 0 Å². The summed E-state index contributed by atoms with van der Waals surface area (Å²) in [6.07, 6.45) is 7.93. The van der Waals surface area contributed by atoms with Gasteiger partial charge in [-0.3, -0.25) is 4.79 Å². The summed E-state index contributed by atoms with van der Waals surface area (Å²) in [5.74, 6) is -0.748. The molecule has 0 bridgehead atoms. The number of hydrogen-bond donors (Lipinski definition) is 1. The lowest BCUT2D eigenvalue weighted by atomic mass is 9.94. The van der Waals surface area contributed by atoms with E-state index in [0.29, 0.717) is 6.04 Å². The van der Waals surface area contributed by atoms with Gasteiger partial charge in [0.05, 0.1) is 6.42 Å². The number of anilines is 1. The fraction of sp³-hybridized carbons (Fsp3) is 0.562. The quantitative estimate of drug-likeness (QED) is 0.907. The zero-order valence-corrected chi connectivity index (χ0v) is 11.3. The summed E-state index contributed by atoms with van der Waals surface area (Å²) < 4.78 is 0. The van der Waals surface area contributed by atoms with Crippen LogP contribution >= 0.6 is 0 Å².